The summed E-state index contributed by atoms with van der Waals surface area (Å²) in [5.41, 5.74) is 0. The predicted octanol–water partition coefficient (Wildman–Crippen LogP) is -0.111. The zero-order chi connectivity index (χ0) is 14.2. The molecule has 0 bridgehead atoms. The van der Waals surface area contributed by atoms with Crippen LogP contribution >= 0.6 is 0 Å². The van der Waals surface area contributed by atoms with Crippen LogP contribution in [0.4, 0.5) is 0 Å². The van der Waals surface area contributed by atoms with Crippen LogP contribution in [0.25, 0.3) is 0 Å². The number of rotatable bonds is 3. The lowest BCUT2D eigenvalue weighted by Gasteiger charge is -2.37. The summed E-state index contributed by atoms with van der Waals surface area (Å²) >= 11 is 0. The standard InChI is InChI=1S/C11H20N2O5S/c1-8-6-12(7-9(2)18-8)19(16,17)13-5-3-4-10(13)11(14)15/h8-10H,3-7H2,1-2H3,(H,14,15)/t8?,9?,10-/m1/s1. The molecule has 110 valence electrons. The van der Waals surface area contributed by atoms with Gasteiger partial charge in [0.1, 0.15) is 6.04 Å². The van der Waals surface area contributed by atoms with Crippen LogP contribution in [0.1, 0.15) is 26.7 Å². The third-order valence-corrected chi connectivity index (χ3v) is 5.48. The minimum absolute atomic E-state index is 0.176. The smallest absolute Gasteiger partial charge is 0.322 e. The van der Waals surface area contributed by atoms with E-state index in [-0.39, 0.29) is 31.8 Å². The van der Waals surface area contributed by atoms with Gasteiger partial charge in [0.2, 0.25) is 0 Å². The van der Waals surface area contributed by atoms with Crippen molar-refractivity contribution in [3.05, 3.63) is 0 Å². The third-order valence-electron chi connectivity index (χ3n) is 3.50. The highest BCUT2D eigenvalue weighted by molar-refractivity contribution is 7.86. The maximum Gasteiger partial charge on any atom is 0.322 e. The lowest BCUT2D eigenvalue weighted by Crippen LogP contribution is -2.55. The zero-order valence-electron chi connectivity index (χ0n) is 11.2. The van der Waals surface area contributed by atoms with Gasteiger partial charge in [0, 0.05) is 19.6 Å². The first-order valence-electron chi connectivity index (χ1n) is 6.47. The second-order valence-corrected chi connectivity index (χ2v) is 7.07. The summed E-state index contributed by atoms with van der Waals surface area (Å²) in [5.74, 6) is -1.07. The van der Waals surface area contributed by atoms with E-state index in [1.807, 2.05) is 13.8 Å². The molecule has 2 rings (SSSR count). The quantitative estimate of drug-likeness (QED) is 0.784. The molecule has 2 heterocycles. The first kappa shape index (κ1) is 14.7. The van der Waals surface area contributed by atoms with Gasteiger partial charge in [0.15, 0.2) is 0 Å². The van der Waals surface area contributed by atoms with E-state index in [9.17, 15) is 13.2 Å². The Hall–Kier alpha value is -0.700. The number of hydrogen-bond acceptors (Lipinski definition) is 4. The summed E-state index contributed by atoms with van der Waals surface area (Å²) in [5, 5.41) is 9.10. The molecule has 0 aromatic rings. The SMILES string of the molecule is CC1CN(S(=O)(=O)N2CCC[C@@H]2C(=O)O)CC(C)O1. The van der Waals surface area contributed by atoms with E-state index < -0.39 is 22.2 Å². The average Bonchev–Trinajstić information content (AvgIpc) is 2.76. The number of hydrogen-bond donors (Lipinski definition) is 1. The number of carbonyl (C=O) groups is 1. The van der Waals surface area contributed by atoms with Crippen molar-refractivity contribution >= 4 is 16.2 Å². The van der Waals surface area contributed by atoms with Gasteiger partial charge in [-0.05, 0) is 26.7 Å². The Morgan fingerprint density at radius 1 is 1.26 bits per heavy atom. The lowest BCUT2D eigenvalue weighted by atomic mass is 10.2. The fourth-order valence-electron chi connectivity index (χ4n) is 2.73. The molecule has 2 fully saturated rings. The van der Waals surface area contributed by atoms with Crippen molar-refractivity contribution in [1.29, 1.82) is 0 Å². The Morgan fingerprint density at radius 2 is 1.84 bits per heavy atom. The van der Waals surface area contributed by atoms with E-state index in [0.29, 0.717) is 12.8 Å². The van der Waals surface area contributed by atoms with Gasteiger partial charge in [-0.3, -0.25) is 4.79 Å². The van der Waals surface area contributed by atoms with Crippen LogP contribution in [-0.4, -0.2) is 66.0 Å². The molecular formula is C11H20N2O5S. The van der Waals surface area contributed by atoms with Crippen molar-refractivity contribution in [2.75, 3.05) is 19.6 Å². The van der Waals surface area contributed by atoms with E-state index in [1.165, 1.54) is 4.31 Å². The first-order valence-corrected chi connectivity index (χ1v) is 7.87. The van der Waals surface area contributed by atoms with E-state index in [1.54, 1.807) is 0 Å². The van der Waals surface area contributed by atoms with Crippen LogP contribution < -0.4 is 0 Å². The van der Waals surface area contributed by atoms with E-state index in [2.05, 4.69) is 0 Å². The molecule has 0 aromatic heterocycles. The molecule has 3 atom stereocenters. The topological polar surface area (TPSA) is 87.2 Å². The van der Waals surface area contributed by atoms with Crippen molar-refractivity contribution in [3.63, 3.8) is 0 Å². The summed E-state index contributed by atoms with van der Waals surface area (Å²) in [6.07, 6.45) is 0.615. The summed E-state index contributed by atoms with van der Waals surface area (Å²) in [6, 6.07) is -0.932. The third kappa shape index (κ3) is 2.91. The van der Waals surface area contributed by atoms with Crippen molar-refractivity contribution < 1.29 is 23.1 Å². The van der Waals surface area contributed by atoms with Gasteiger partial charge >= 0.3 is 5.97 Å². The largest absolute Gasteiger partial charge is 0.480 e. The number of carboxylic acid groups (broad SMARTS) is 1. The number of morpholine rings is 1. The Labute approximate surface area is 113 Å². The normalized spacial score (nSPS) is 34.5. The highest BCUT2D eigenvalue weighted by atomic mass is 32.2. The molecule has 2 saturated heterocycles. The summed E-state index contributed by atoms with van der Waals surface area (Å²) in [7, 11) is -3.72. The second kappa shape index (κ2) is 5.35. The molecule has 19 heavy (non-hydrogen) atoms. The van der Waals surface area contributed by atoms with Crippen LogP contribution in [0.15, 0.2) is 0 Å². The summed E-state index contributed by atoms with van der Waals surface area (Å²) < 4.78 is 33.0. The molecule has 0 amide bonds. The Kier molecular flexibility index (Phi) is 4.14. The molecule has 0 aliphatic carbocycles. The van der Waals surface area contributed by atoms with Crippen LogP contribution in [0.5, 0.6) is 0 Å². The molecule has 0 spiro atoms. The molecule has 2 aliphatic rings. The number of nitrogens with zero attached hydrogens (tertiary/aromatic N) is 2. The number of aliphatic carboxylic acids is 1. The average molecular weight is 292 g/mol. The maximum atomic E-state index is 12.5. The fraction of sp³-hybridized carbons (Fsp3) is 0.909. The van der Waals surface area contributed by atoms with Crippen molar-refractivity contribution in [3.8, 4) is 0 Å². The highest BCUT2D eigenvalue weighted by Gasteiger charge is 2.43. The molecule has 0 saturated carbocycles. The van der Waals surface area contributed by atoms with Crippen LogP contribution in [-0.2, 0) is 19.7 Å². The van der Waals surface area contributed by atoms with Gasteiger partial charge in [-0.1, -0.05) is 0 Å². The lowest BCUT2D eigenvalue weighted by molar-refractivity contribution is -0.140. The Balaban J connectivity index is 2.19. The summed E-state index contributed by atoms with van der Waals surface area (Å²) in [4.78, 5) is 11.1. The number of ether oxygens (including phenoxy) is 1. The van der Waals surface area contributed by atoms with Gasteiger partial charge < -0.3 is 9.84 Å². The maximum absolute atomic E-state index is 12.5. The highest BCUT2D eigenvalue weighted by Crippen LogP contribution is 2.25. The van der Waals surface area contributed by atoms with E-state index in [0.717, 1.165) is 4.31 Å². The van der Waals surface area contributed by atoms with Gasteiger partial charge in [0.25, 0.3) is 10.2 Å². The fourth-order valence-corrected chi connectivity index (χ4v) is 4.70. The molecule has 1 N–H and O–H groups in total. The van der Waals surface area contributed by atoms with Crippen LogP contribution in [0, 0.1) is 0 Å². The molecule has 2 aliphatic heterocycles. The molecule has 7 nitrogen and oxygen atoms in total. The van der Waals surface area contributed by atoms with Gasteiger partial charge in [0.05, 0.1) is 12.2 Å². The summed E-state index contributed by atoms with van der Waals surface area (Å²) in [6.45, 7) is 4.46. The van der Waals surface area contributed by atoms with E-state index in [4.69, 9.17) is 9.84 Å². The molecule has 0 aromatic carbocycles. The van der Waals surface area contributed by atoms with Crippen molar-refractivity contribution in [2.45, 2.75) is 44.9 Å². The second-order valence-electron chi connectivity index (χ2n) is 5.19. The minimum atomic E-state index is -3.72. The van der Waals surface area contributed by atoms with Crippen molar-refractivity contribution in [2.24, 2.45) is 0 Å². The van der Waals surface area contributed by atoms with E-state index >= 15 is 0 Å². The molecule has 2 unspecified atom stereocenters. The molecular weight excluding hydrogens is 272 g/mol. The minimum Gasteiger partial charge on any atom is -0.480 e. The van der Waals surface area contributed by atoms with Crippen molar-refractivity contribution in [1.82, 2.24) is 8.61 Å². The van der Waals surface area contributed by atoms with Gasteiger partial charge in [-0.25, -0.2) is 0 Å². The molecule has 0 radical (unpaired) electrons. The number of carboxylic acids is 1. The first-order chi connectivity index (χ1) is 8.82. The predicted molar refractivity (Wildman–Crippen MR) is 67.9 cm³/mol. The monoisotopic (exact) mass is 292 g/mol. The van der Waals surface area contributed by atoms with Crippen LogP contribution in [0.2, 0.25) is 0 Å². The Bertz CT molecular complexity index is 442. The Morgan fingerprint density at radius 3 is 2.37 bits per heavy atom. The van der Waals surface area contributed by atoms with Gasteiger partial charge in [-0.2, -0.15) is 17.0 Å². The van der Waals surface area contributed by atoms with Gasteiger partial charge in [-0.15, -0.1) is 0 Å². The zero-order valence-corrected chi connectivity index (χ0v) is 12.0. The van der Waals surface area contributed by atoms with Crippen LogP contribution in [0.3, 0.4) is 0 Å². The molecule has 8 heteroatoms.